The summed E-state index contributed by atoms with van der Waals surface area (Å²) in [4.78, 5) is 10.1. The predicted octanol–water partition coefficient (Wildman–Crippen LogP) is 1.67. The molecular weight excluding hydrogens is 168 g/mol. The number of hydrogen-bond acceptors (Lipinski definition) is 3. The van der Waals surface area contributed by atoms with Gasteiger partial charge in [0.15, 0.2) is 0 Å². The number of carbonyl (C=O) groups is 1. The van der Waals surface area contributed by atoms with Gasteiger partial charge >= 0.3 is 0 Å². The summed E-state index contributed by atoms with van der Waals surface area (Å²) < 4.78 is 9.92. The monoisotopic (exact) mass is 176 g/mol. The molecule has 3 nitrogen and oxygen atoms in total. The van der Waals surface area contributed by atoms with E-state index in [1.165, 1.54) is 0 Å². The number of carbonyl (C=O) groups excluding carboxylic acids is 1. The second kappa shape index (κ2) is 3.31. The van der Waals surface area contributed by atoms with Gasteiger partial charge in [-0.05, 0) is 24.1 Å². The van der Waals surface area contributed by atoms with E-state index in [0.29, 0.717) is 12.2 Å². The van der Waals surface area contributed by atoms with Crippen molar-refractivity contribution in [1.82, 2.24) is 0 Å². The molecule has 1 aromatic carbocycles. The normalized spacial score (nSPS) is 12.9. The predicted molar refractivity (Wildman–Crippen MR) is 46.6 cm³/mol. The van der Waals surface area contributed by atoms with Gasteiger partial charge in [0.2, 0.25) is 0 Å². The van der Waals surface area contributed by atoms with Crippen molar-refractivity contribution in [2.24, 2.45) is 0 Å². The zero-order valence-corrected chi connectivity index (χ0v) is 6.90. The van der Waals surface area contributed by atoms with E-state index in [1.54, 1.807) is 18.4 Å². The number of fused-ring (bicyclic) bond motifs is 1. The summed E-state index contributed by atoms with van der Waals surface area (Å²) in [6.07, 6.45) is 4.42. The van der Waals surface area contributed by atoms with Crippen molar-refractivity contribution in [1.29, 1.82) is 0 Å². The van der Waals surface area contributed by atoms with Crippen LogP contribution in [0.2, 0.25) is 0 Å². The van der Waals surface area contributed by atoms with Crippen molar-refractivity contribution in [3.63, 3.8) is 0 Å². The van der Waals surface area contributed by atoms with Gasteiger partial charge in [-0.15, -0.1) is 0 Å². The van der Waals surface area contributed by atoms with E-state index in [1.807, 2.05) is 12.1 Å². The lowest BCUT2D eigenvalue weighted by Crippen LogP contribution is -1.97. The van der Waals surface area contributed by atoms with Crippen LogP contribution in [-0.4, -0.2) is 6.47 Å². The lowest BCUT2D eigenvalue weighted by atomic mass is 10.1. The summed E-state index contributed by atoms with van der Waals surface area (Å²) in [5.41, 5.74) is 1.10. The van der Waals surface area contributed by atoms with Gasteiger partial charge in [0.1, 0.15) is 11.5 Å². The van der Waals surface area contributed by atoms with Crippen LogP contribution in [0.4, 0.5) is 0 Å². The summed E-state index contributed by atoms with van der Waals surface area (Å²) in [7, 11) is 0. The molecular formula is C10H8O3. The molecule has 0 amide bonds. The van der Waals surface area contributed by atoms with Gasteiger partial charge in [0.05, 0.1) is 6.26 Å². The molecule has 0 fully saturated rings. The summed E-state index contributed by atoms with van der Waals surface area (Å²) in [5.74, 6) is 1.26. The fourth-order valence-electron chi connectivity index (χ4n) is 1.24. The highest BCUT2D eigenvalue weighted by atomic mass is 16.5. The average molecular weight is 176 g/mol. The molecule has 1 aromatic rings. The van der Waals surface area contributed by atoms with E-state index >= 15 is 0 Å². The smallest absolute Gasteiger partial charge is 0.298 e. The Bertz CT molecular complexity index is 355. The molecule has 0 N–H and O–H groups in total. The number of hydrogen-bond donors (Lipinski definition) is 0. The zero-order valence-electron chi connectivity index (χ0n) is 6.90. The number of ether oxygens (including phenoxy) is 2. The third-order valence-corrected chi connectivity index (χ3v) is 1.85. The Morgan fingerprint density at radius 3 is 3.23 bits per heavy atom. The topological polar surface area (TPSA) is 35.5 Å². The molecule has 13 heavy (non-hydrogen) atoms. The first-order valence-electron chi connectivity index (χ1n) is 3.95. The van der Waals surface area contributed by atoms with Crippen LogP contribution in [0.5, 0.6) is 11.5 Å². The summed E-state index contributed by atoms with van der Waals surface area (Å²) in [5, 5.41) is 0. The Kier molecular flexibility index (Phi) is 2.00. The molecule has 0 saturated carbocycles. The van der Waals surface area contributed by atoms with Crippen molar-refractivity contribution in [2.75, 3.05) is 0 Å². The Balaban J connectivity index is 2.32. The van der Waals surface area contributed by atoms with E-state index in [2.05, 4.69) is 4.74 Å². The van der Waals surface area contributed by atoms with Gasteiger partial charge in [0.25, 0.3) is 6.47 Å². The van der Waals surface area contributed by atoms with Crippen molar-refractivity contribution < 1.29 is 14.3 Å². The molecule has 3 heteroatoms. The minimum absolute atomic E-state index is 0.403. The number of allylic oxidation sites excluding steroid dienone is 1. The molecule has 1 aliphatic heterocycles. The van der Waals surface area contributed by atoms with Crippen LogP contribution in [0.25, 0.3) is 0 Å². The average Bonchev–Trinajstić information content (AvgIpc) is 2.18. The third kappa shape index (κ3) is 1.54. The van der Waals surface area contributed by atoms with Gasteiger partial charge < -0.3 is 9.47 Å². The zero-order chi connectivity index (χ0) is 9.10. The van der Waals surface area contributed by atoms with Crippen LogP contribution < -0.4 is 9.47 Å². The maximum Gasteiger partial charge on any atom is 0.298 e. The molecule has 0 atom stereocenters. The van der Waals surface area contributed by atoms with Crippen LogP contribution in [0.15, 0.2) is 30.5 Å². The lowest BCUT2D eigenvalue weighted by molar-refractivity contribution is -0.120. The van der Waals surface area contributed by atoms with Crippen molar-refractivity contribution in [3.8, 4) is 11.5 Å². The van der Waals surface area contributed by atoms with Gasteiger partial charge in [-0.3, -0.25) is 4.79 Å². The highest BCUT2D eigenvalue weighted by Crippen LogP contribution is 2.27. The molecule has 0 aromatic heterocycles. The molecule has 1 heterocycles. The molecule has 0 saturated heterocycles. The quantitative estimate of drug-likeness (QED) is 0.643. The van der Waals surface area contributed by atoms with Gasteiger partial charge in [-0.1, -0.05) is 6.07 Å². The van der Waals surface area contributed by atoms with E-state index in [4.69, 9.17) is 4.74 Å². The molecule has 66 valence electrons. The highest BCUT2D eigenvalue weighted by molar-refractivity contribution is 5.49. The molecule has 0 radical (unpaired) electrons. The van der Waals surface area contributed by atoms with Crippen molar-refractivity contribution in [3.05, 3.63) is 36.1 Å². The Labute approximate surface area is 75.6 Å². The molecule has 0 aliphatic carbocycles. The van der Waals surface area contributed by atoms with E-state index in [9.17, 15) is 4.79 Å². The highest BCUT2D eigenvalue weighted by Gasteiger charge is 2.07. The van der Waals surface area contributed by atoms with E-state index in [-0.39, 0.29) is 0 Å². The Hall–Kier alpha value is -1.77. The fourth-order valence-corrected chi connectivity index (χ4v) is 1.24. The first-order chi connectivity index (χ1) is 6.40. The van der Waals surface area contributed by atoms with Gasteiger partial charge in [0, 0.05) is 6.07 Å². The Morgan fingerprint density at radius 1 is 1.46 bits per heavy atom. The SMILES string of the molecule is O=COc1ccc2c(c1)OC=CC2. The summed E-state index contributed by atoms with van der Waals surface area (Å²) >= 11 is 0. The van der Waals surface area contributed by atoms with Crippen LogP contribution in [0.1, 0.15) is 5.56 Å². The van der Waals surface area contributed by atoms with Crippen molar-refractivity contribution in [2.45, 2.75) is 6.42 Å². The molecule has 0 spiro atoms. The van der Waals surface area contributed by atoms with Crippen LogP contribution >= 0.6 is 0 Å². The van der Waals surface area contributed by atoms with Crippen LogP contribution in [0.3, 0.4) is 0 Å². The second-order valence-corrected chi connectivity index (χ2v) is 2.68. The van der Waals surface area contributed by atoms with Gasteiger partial charge in [-0.25, -0.2) is 0 Å². The van der Waals surface area contributed by atoms with E-state index < -0.39 is 0 Å². The summed E-state index contributed by atoms with van der Waals surface area (Å²) in [6.45, 7) is 0.403. The lowest BCUT2D eigenvalue weighted by Gasteiger charge is -2.11. The maximum absolute atomic E-state index is 10.1. The fraction of sp³-hybridized carbons (Fsp3) is 0.100. The van der Waals surface area contributed by atoms with Gasteiger partial charge in [-0.2, -0.15) is 0 Å². The molecule has 1 aliphatic rings. The molecule has 0 bridgehead atoms. The molecule has 2 rings (SSSR count). The largest absolute Gasteiger partial charge is 0.465 e. The third-order valence-electron chi connectivity index (χ3n) is 1.85. The van der Waals surface area contributed by atoms with Crippen LogP contribution in [-0.2, 0) is 11.2 Å². The number of benzene rings is 1. The first kappa shape index (κ1) is 7.86. The minimum atomic E-state index is 0.403. The minimum Gasteiger partial charge on any atom is -0.465 e. The van der Waals surface area contributed by atoms with Crippen LogP contribution in [0, 0.1) is 0 Å². The van der Waals surface area contributed by atoms with E-state index in [0.717, 1.165) is 17.7 Å². The molecule has 0 unspecified atom stereocenters. The first-order valence-corrected chi connectivity index (χ1v) is 3.95. The van der Waals surface area contributed by atoms with Crippen molar-refractivity contribution >= 4 is 6.47 Å². The Morgan fingerprint density at radius 2 is 2.38 bits per heavy atom. The standard InChI is InChI=1S/C10H8O3/c11-7-13-9-4-3-8-2-1-5-12-10(8)6-9/h1,3-7H,2H2. The number of rotatable bonds is 2. The maximum atomic E-state index is 10.1. The second-order valence-electron chi connectivity index (χ2n) is 2.68. The summed E-state index contributed by atoms with van der Waals surface area (Å²) in [6, 6.07) is 5.33.